The molecule has 17 heteroatoms. The number of hydrogen-bond donors (Lipinski definition) is 0. The van der Waals surface area contributed by atoms with E-state index in [4.69, 9.17) is 4.42 Å². The average Bonchev–Trinajstić information content (AvgIpc) is 3.60. The van der Waals surface area contributed by atoms with Crippen LogP contribution in [0.2, 0.25) is 0 Å². The second-order valence-corrected chi connectivity index (χ2v) is 9.08. The van der Waals surface area contributed by atoms with Crippen LogP contribution in [0.3, 0.4) is 0 Å². The summed E-state index contributed by atoms with van der Waals surface area (Å²) in [6.07, 6.45) is -5.92. The Morgan fingerprint density at radius 3 is 2.44 bits per heavy atom. The number of alkyl halides is 7. The van der Waals surface area contributed by atoms with Crippen LogP contribution < -0.4 is 4.90 Å². The van der Waals surface area contributed by atoms with Gasteiger partial charge in [-0.2, -0.15) is 35.8 Å². The number of nitrogens with zero attached hydrogens (tertiary/aromatic N) is 7. The van der Waals surface area contributed by atoms with E-state index in [1.165, 1.54) is 21.8 Å². The molecule has 2 amide bonds. The zero-order valence-electron chi connectivity index (χ0n) is 19.9. The third-order valence-corrected chi connectivity index (χ3v) is 6.57. The fourth-order valence-corrected chi connectivity index (χ4v) is 4.60. The molecule has 0 N–H and O–H groups in total. The fraction of sp³-hybridized carbons (Fsp3) is 0.455. The van der Waals surface area contributed by atoms with Crippen molar-refractivity contribution >= 4 is 17.6 Å². The molecular weight excluding hydrogens is 543 g/mol. The van der Waals surface area contributed by atoms with Gasteiger partial charge in [0.1, 0.15) is 0 Å². The van der Waals surface area contributed by atoms with Gasteiger partial charge in [0.05, 0.1) is 23.4 Å². The molecule has 1 fully saturated rings. The van der Waals surface area contributed by atoms with E-state index in [1.807, 2.05) is 0 Å². The maximum absolute atomic E-state index is 13.5. The SMILES string of the molecule is Cn1cc(C2CCN(C(=O)C(F)(F)C(F)(F)F)CC2)c(N2Cc3ncc(-c4nnc(C(F)F)o4)cc3C2=O)n1. The Morgan fingerprint density at radius 1 is 1.13 bits per heavy atom. The van der Waals surface area contributed by atoms with Crippen LogP contribution in [-0.2, 0) is 18.4 Å². The van der Waals surface area contributed by atoms with E-state index >= 15 is 0 Å². The first kappa shape index (κ1) is 26.6. The van der Waals surface area contributed by atoms with Gasteiger partial charge >= 0.3 is 24.4 Å². The first-order chi connectivity index (χ1) is 18.3. The number of amides is 2. The smallest absolute Gasteiger partial charge is 0.415 e. The van der Waals surface area contributed by atoms with E-state index in [0.717, 1.165) is 0 Å². The number of likely N-dealkylation sites (tertiary alicyclic amines) is 1. The normalized spacial score (nSPS) is 16.9. The van der Waals surface area contributed by atoms with Gasteiger partial charge in [0.25, 0.3) is 11.8 Å². The summed E-state index contributed by atoms with van der Waals surface area (Å²) in [7, 11) is 1.59. The molecule has 3 aromatic rings. The van der Waals surface area contributed by atoms with Gasteiger partial charge in [0, 0.05) is 38.1 Å². The van der Waals surface area contributed by atoms with Crippen molar-refractivity contribution in [2.45, 2.75) is 43.8 Å². The minimum atomic E-state index is -5.99. The Hall–Kier alpha value is -4.05. The molecule has 0 radical (unpaired) electrons. The third kappa shape index (κ3) is 4.58. The van der Waals surface area contributed by atoms with Crippen molar-refractivity contribution in [2.75, 3.05) is 18.0 Å². The van der Waals surface area contributed by atoms with Gasteiger partial charge in [0.2, 0.25) is 5.89 Å². The van der Waals surface area contributed by atoms with Crippen LogP contribution >= 0.6 is 0 Å². The lowest BCUT2D eigenvalue weighted by Crippen LogP contribution is -2.53. The first-order valence-electron chi connectivity index (χ1n) is 11.5. The lowest BCUT2D eigenvalue weighted by molar-refractivity contribution is -0.274. The molecule has 5 rings (SSSR count). The first-order valence-corrected chi connectivity index (χ1v) is 11.5. The van der Waals surface area contributed by atoms with Gasteiger partial charge in [-0.05, 0) is 24.8 Å². The largest absolute Gasteiger partial charge is 0.463 e. The monoisotopic (exact) mass is 561 g/mol. The summed E-state index contributed by atoms with van der Waals surface area (Å²) in [6, 6.07) is 1.38. The molecular formula is C22H18F7N7O3. The number of hydrogen-bond acceptors (Lipinski definition) is 7. The molecule has 39 heavy (non-hydrogen) atoms. The van der Waals surface area contributed by atoms with E-state index in [-0.39, 0.29) is 61.2 Å². The summed E-state index contributed by atoms with van der Waals surface area (Å²) in [5.41, 5.74) is 1.21. The Labute approximate surface area is 214 Å². The molecule has 10 nitrogen and oxygen atoms in total. The Balaban J connectivity index is 1.34. The van der Waals surface area contributed by atoms with Crippen LogP contribution in [0.15, 0.2) is 22.9 Å². The standard InChI is InChI=1S/C22H18F7N7O3/c1-34-8-13(10-2-4-35(5-3-10)20(38)21(25,26)22(27,28)29)16(33-34)36-9-14-12(19(36)37)6-11(7-30-14)17-31-32-18(39-17)15(23)24/h6-8,10,15H,2-5,9H2,1H3. The number of halogens is 7. The second-order valence-electron chi connectivity index (χ2n) is 9.08. The number of piperidine rings is 1. The van der Waals surface area contributed by atoms with Gasteiger partial charge in [-0.1, -0.05) is 0 Å². The lowest BCUT2D eigenvalue weighted by atomic mass is 9.90. The van der Waals surface area contributed by atoms with Gasteiger partial charge in [-0.15, -0.1) is 10.2 Å². The molecule has 0 bridgehead atoms. The quantitative estimate of drug-likeness (QED) is 0.435. The highest BCUT2D eigenvalue weighted by atomic mass is 19.4. The number of pyridine rings is 1. The minimum Gasteiger partial charge on any atom is -0.415 e. The van der Waals surface area contributed by atoms with Gasteiger partial charge in [0.15, 0.2) is 5.82 Å². The van der Waals surface area contributed by atoms with Crippen molar-refractivity contribution in [3.63, 3.8) is 0 Å². The molecule has 208 valence electrons. The Morgan fingerprint density at radius 2 is 1.82 bits per heavy atom. The predicted molar refractivity (Wildman–Crippen MR) is 116 cm³/mol. The summed E-state index contributed by atoms with van der Waals surface area (Å²) >= 11 is 0. The molecule has 5 heterocycles. The summed E-state index contributed by atoms with van der Waals surface area (Å²) in [4.78, 5) is 31.2. The molecule has 0 unspecified atom stereocenters. The highest BCUT2D eigenvalue weighted by Gasteiger charge is 2.64. The van der Waals surface area contributed by atoms with Crippen molar-refractivity contribution < 1.29 is 44.7 Å². The van der Waals surface area contributed by atoms with Crippen LogP contribution in [0.5, 0.6) is 0 Å². The topological polar surface area (TPSA) is 110 Å². The van der Waals surface area contributed by atoms with Gasteiger partial charge in [-0.3, -0.25) is 24.2 Å². The molecule has 0 spiro atoms. The van der Waals surface area contributed by atoms with Crippen LogP contribution in [-0.4, -0.2) is 66.9 Å². The summed E-state index contributed by atoms with van der Waals surface area (Å²) < 4.78 is 96.8. The number of fused-ring (bicyclic) bond motifs is 1. The number of anilines is 1. The van der Waals surface area contributed by atoms with Crippen molar-refractivity contribution in [3.8, 4) is 11.5 Å². The number of aryl methyl sites for hydroxylation is 1. The lowest BCUT2D eigenvalue weighted by Gasteiger charge is -2.34. The summed E-state index contributed by atoms with van der Waals surface area (Å²) in [6.45, 7) is -0.666. The molecule has 2 aliphatic heterocycles. The molecule has 2 aliphatic rings. The maximum Gasteiger partial charge on any atom is 0.463 e. The number of carbonyl (C=O) groups excluding carboxylic acids is 2. The number of aromatic nitrogens is 5. The molecule has 0 atom stereocenters. The van der Waals surface area contributed by atoms with E-state index in [2.05, 4.69) is 20.3 Å². The summed E-state index contributed by atoms with van der Waals surface area (Å²) in [5, 5.41) is 11.1. The number of carbonyl (C=O) groups is 2. The van der Waals surface area contributed by atoms with Crippen molar-refractivity contribution in [3.05, 3.63) is 41.2 Å². The van der Waals surface area contributed by atoms with E-state index in [9.17, 15) is 40.3 Å². The molecule has 0 saturated carbocycles. The van der Waals surface area contributed by atoms with Crippen molar-refractivity contribution in [1.29, 1.82) is 0 Å². The van der Waals surface area contributed by atoms with Gasteiger partial charge < -0.3 is 9.32 Å². The maximum atomic E-state index is 13.5. The fourth-order valence-electron chi connectivity index (χ4n) is 4.60. The molecule has 0 aromatic carbocycles. The second kappa shape index (κ2) is 9.30. The van der Waals surface area contributed by atoms with Crippen molar-refractivity contribution in [2.24, 2.45) is 7.05 Å². The molecule has 1 saturated heterocycles. The van der Waals surface area contributed by atoms with E-state index < -0.39 is 36.2 Å². The highest BCUT2D eigenvalue weighted by molar-refractivity contribution is 6.10. The molecule has 3 aromatic heterocycles. The van der Waals surface area contributed by atoms with E-state index in [0.29, 0.717) is 16.2 Å². The zero-order valence-corrected chi connectivity index (χ0v) is 19.9. The predicted octanol–water partition coefficient (Wildman–Crippen LogP) is 3.87. The highest BCUT2D eigenvalue weighted by Crippen LogP contribution is 2.40. The average molecular weight is 561 g/mol. The summed E-state index contributed by atoms with van der Waals surface area (Å²) in [5.74, 6) is -9.57. The number of rotatable bonds is 5. The molecule has 0 aliphatic carbocycles. The van der Waals surface area contributed by atoms with E-state index in [1.54, 1.807) is 13.2 Å². The van der Waals surface area contributed by atoms with Crippen LogP contribution in [0.25, 0.3) is 11.5 Å². The van der Waals surface area contributed by atoms with Crippen LogP contribution in [0.4, 0.5) is 36.6 Å². The Kier molecular flexibility index (Phi) is 6.33. The van der Waals surface area contributed by atoms with Crippen LogP contribution in [0, 0.1) is 0 Å². The zero-order chi connectivity index (χ0) is 28.3. The minimum absolute atomic E-state index is 0.0136. The van der Waals surface area contributed by atoms with Crippen molar-refractivity contribution in [1.82, 2.24) is 29.9 Å². The third-order valence-electron chi connectivity index (χ3n) is 6.57. The van der Waals surface area contributed by atoms with Gasteiger partial charge in [-0.25, -0.2) is 0 Å². The Bertz CT molecular complexity index is 1430. The van der Waals surface area contributed by atoms with Crippen LogP contribution in [0.1, 0.15) is 52.7 Å².